The molecule has 1 spiro atoms. The standard InChI is InChI=1S/C5H8N2O/c1-2-7-8-5(1)3-6-4-5/h2,6H,1,3-4H2. The summed E-state index contributed by atoms with van der Waals surface area (Å²) < 4.78 is 0. The highest BCUT2D eigenvalue weighted by atomic mass is 16.7. The monoisotopic (exact) mass is 112 g/mol. The number of rotatable bonds is 0. The summed E-state index contributed by atoms with van der Waals surface area (Å²) in [5.74, 6) is 0. The molecule has 2 aliphatic rings. The fraction of sp³-hybridized carbons (Fsp3) is 0.800. The second-order valence-corrected chi connectivity index (χ2v) is 2.37. The Bertz CT molecular complexity index is 118. The molecule has 3 nitrogen and oxygen atoms in total. The SMILES string of the molecule is C1=NOC2(C1)CNC2. The predicted octanol–water partition coefficient (Wildman–Crippen LogP) is -0.266. The second kappa shape index (κ2) is 1.23. The lowest BCUT2D eigenvalue weighted by molar-refractivity contribution is -0.0559. The maximum absolute atomic E-state index is 5.08. The Morgan fingerprint density at radius 2 is 2.50 bits per heavy atom. The van der Waals surface area contributed by atoms with E-state index < -0.39 is 0 Å². The first-order valence-corrected chi connectivity index (χ1v) is 2.82. The van der Waals surface area contributed by atoms with Crippen LogP contribution in [0.1, 0.15) is 6.42 Å². The molecule has 0 radical (unpaired) electrons. The molecular weight excluding hydrogens is 104 g/mol. The molecule has 8 heavy (non-hydrogen) atoms. The van der Waals surface area contributed by atoms with Crippen molar-refractivity contribution in [2.75, 3.05) is 13.1 Å². The molecule has 0 unspecified atom stereocenters. The van der Waals surface area contributed by atoms with Crippen molar-refractivity contribution in [2.45, 2.75) is 12.0 Å². The van der Waals surface area contributed by atoms with Gasteiger partial charge in [0.05, 0.1) is 0 Å². The van der Waals surface area contributed by atoms with E-state index in [0.29, 0.717) is 0 Å². The predicted molar refractivity (Wildman–Crippen MR) is 29.8 cm³/mol. The van der Waals surface area contributed by atoms with Crippen molar-refractivity contribution in [3.05, 3.63) is 0 Å². The van der Waals surface area contributed by atoms with E-state index in [-0.39, 0.29) is 5.60 Å². The molecule has 44 valence electrons. The van der Waals surface area contributed by atoms with Gasteiger partial charge in [-0.2, -0.15) is 0 Å². The molecule has 2 aliphatic heterocycles. The summed E-state index contributed by atoms with van der Waals surface area (Å²) in [5.41, 5.74) is 0.0833. The molecule has 1 N–H and O–H groups in total. The lowest BCUT2D eigenvalue weighted by Crippen LogP contribution is -2.59. The summed E-state index contributed by atoms with van der Waals surface area (Å²) in [6.07, 6.45) is 2.82. The molecule has 3 heteroatoms. The minimum absolute atomic E-state index is 0.0833. The largest absolute Gasteiger partial charge is 0.386 e. The summed E-state index contributed by atoms with van der Waals surface area (Å²) in [4.78, 5) is 5.08. The zero-order chi connectivity index (χ0) is 5.45. The van der Waals surface area contributed by atoms with Crippen LogP contribution in [0.4, 0.5) is 0 Å². The molecule has 2 rings (SSSR count). The number of hydrogen-bond acceptors (Lipinski definition) is 3. The van der Waals surface area contributed by atoms with Gasteiger partial charge < -0.3 is 10.2 Å². The Labute approximate surface area is 47.7 Å². The van der Waals surface area contributed by atoms with Crippen molar-refractivity contribution >= 4 is 6.21 Å². The first kappa shape index (κ1) is 4.32. The van der Waals surface area contributed by atoms with Crippen LogP contribution >= 0.6 is 0 Å². The molecule has 0 saturated carbocycles. The van der Waals surface area contributed by atoms with Crippen LogP contribution in [0.15, 0.2) is 5.16 Å². The van der Waals surface area contributed by atoms with Gasteiger partial charge in [0.25, 0.3) is 0 Å². The molecule has 0 aromatic heterocycles. The summed E-state index contributed by atoms with van der Waals surface area (Å²) in [5, 5.41) is 6.83. The highest BCUT2D eigenvalue weighted by Gasteiger charge is 2.41. The highest BCUT2D eigenvalue weighted by molar-refractivity contribution is 5.60. The fourth-order valence-electron chi connectivity index (χ4n) is 1.00. The van der Waals surface area contributed by atoms with Crippen molar-refractivity contribution in [1.29, 1.82) is 0 Å². The van der Waals surface area contributed by atoms with Gasteiger partial charge in [0.2, 0.25) is 0 Å². The molecule has 0 aromatic rings. The first-order chi connectivity index (χ1) is 3.91. The Hall–Kier alpha value is -0.570. The van der Waals surface area contributed by atoms with Crippen molar-refractivity contribution in [2.24, 2.45) is 5.16 Å². The van der Waals surface area contributed by atoms with Gasteiger partial charge in [-0.25, -0.2) is 0 Å². The molecule has 0 atom stereocenters. The van der Waals surface area contributed by atoms with E-state index in [1.165, 1.54) is 0 Å². The van der Waals surface area contributed by atoms with E-state index in [2.05, 4.69) is 10.5 Å². The Morgan fingerprint density at radius 3 is 2.75 bits per heavy atom. The number of oxime groups is 1. The van der Waals surface area contributed by atoms with Gasteiger partial charge in [0.15, 0.2) is 5.60 Å². The summed E-state index contributed by atoms with van der Waals surface area (Å²) in [6, 6.07) is 0. The van der Waals surface area contributed by atoms with Gasteiger partial charge >= 0.3 is 0 Å². The molecule has 0 bridgehead atoms. The topological polar surface area (TPSA) is 33.6 Å². The third kappa shape index (κ3) is 0.395. The van der Waals surface area contributed by atoms with Gasteiger partial charge in [0, 0.05) is 25.7 Å². The van der Waals surface area contributed by atoms with Crippen LogP contribution in [-0.2, 0) is 4.84 Å². The normalized spacial score (nSPS) is 30.0. The highest BCUT2D eigenvalue weighted by Crippen LogP contribution is 2.23. The van der Waals surface area contributed by atoms with Crippen LogP contribution in [0.2, 0.25) is 0 Å². The Balaban J connectivity index is 2.06. The Kier molecular flexibility index (Phi) is 0.663. The van der Waals surface area contributed by atoms with Crippen LogP contribution < -0.4 is 5.32 Å². The maximum Gasteiger partial charge on any atom is 0.167 e. The summed E-state index contributed by atoms with van der Waals surface area (Å²) in [6.45, 7) is 1.93. The average molecular weight is 112 g/mol. The van der Waals surface area contributed by atoms with E-state index in [1.807, 2.05) is 6.21 Å². The lowest BCUT2D eigenvalue weighted by atomic mass is 9.95. The fourth-order valence-corrected chi connectivity index (χ4v) is 1.00. The number of nitrogens with one attached hydrogen (secondary N) is 1. The Morgan fingerprint density at radius 1 is 1.62 bits per heavy atom. The minimum atomic E-state index is 0.0833. The number of nitrogens with zero attached hydrogens (tertiary/aromatic N) is 1. The molecular formula is C5H8N2O. The zero-order valence-corrected chi connectivity index (χ0v) is 4.55. The molecule has 1 saturated heterocycles. The smallest absolute Gasteiger partial charge is 0.167 e. The van der Waals surface area contributed by atoms with Crippen molar-refractivity contribution in [3.8, 4) is 0 Å². The van der Waals surface area contributed by atoms with E-state index in [9.17, 15) is 0 Å². The molecule has 1 fully saturated rings. The van der Waals surface area contributed by atoms with Gasteiger partial charge in [-0.3, -0.25) is 0 Å². The average Bonchev–Trinajstić information content (AvgIpc) is 2.07. The van der Waals surface area contributed by atoms with Crippen LogP contribution in [0.5, 0.6) is 0 Å². The van der Waals surface area contributed by atoms with Crippen LogP contribution in [-0.4, -0.2) is 24.9 Å². The van der Waals surface area contributed by atoms with E-state index in [1.54, 1.807) is 0 Å². The van der Waals surface area contributed by atoms with E-state index in [0.717, 1.165) is 19.5 Å². The van der Waals surface area contributed by atoms with Crippen molar-refractivity contribution in [3.63, 3.8) is 0 Å². The maximum atomic E-state index is 5.08. The molecule has 0 aromatic carbocycles. The van der Waals surface area contributed by atoms with Crippen LogP contribution in [0, 0.1) is 0 Å². The van der Waals surface area contributed by atoms with E-state index in [4.69, 9.17) is 4.84 Å². The minimum Gasteiger partial charge on any atom is -0.386 e. The first-order valence-electron chi connectivity index (χ1n) is 2.82. The quantitative estimate of drug-likeness (QED) is 0.468. The molecule has 0 amide bonds. The van der Waals surface area contributed by atoms with Gasteiger partial charge in [0.1, 0.15) is 0 Å². The summed E-state index contributed by atoms with van der Waals surface area (Å²) >= 11 is 0. The van der Waals surface area contributed by atoms with Gasteiger partial charge in [-0.15, -0.1) is 0 Å². The van der Waals surface area contributed by atoms with Crippen molar-refractivity contribution in [1.82, 2.24) is 5.32 Å². The molecule has 0 aliphatic carbocycles. The van der Waals surface area contributed by atoms with Crippen molar-refractivity contribution < 1.29 is 4.84 Å². The second-order valence-electron chi connectivity index (χ2n) is 2.37. The number of hydrogen-bond donors (Lipinski definition) is 1. The summed E-state index contributed by atoms with van der Waals surface area (Å²) in [7, 11) is 0. The third-order valence-corrected chi connectivity index (χ3v) is 1.68. The lowest BCUT2D eigenvalue weighted by Gasteiger charge is -2.35. The van der Waals surface area contributed by atoms with Crippen LogP contribution in [0.25, 0.3) is 0 Å². The van der Waals surface area contributed by atoms with Gasteiger partial charge in [-0.05, 0) is 0 Å². The zero-order valence-electron chi connectivity index (χ0n) is 4.55. The third-order valence-electron chi connectivity index (χ3n) is 1.68. The van der Waals surface area contributed by atoms with E-state index >= 15 is 0 Å². The molecule has 2 heterocycles. The van der Waals surface area contributed by atoms with Crippen LogP contribution in [0.3, 0.4) is 0 Å². The van der Waals surface area contributed by atoms with Gasteiger partial charge in [-0.1, -0.05) is 5.16 Å².